The Morgan fingerprint density at radius 1 is 1.09 bits per heavy atom. The minimum Gasteiger partial charge on any atom is -0.452 e. The molecule has 3 rings (SSSR count). The number of carbonyl (C=O) groups is 1. The molecular weight excluding hydrogens is 282 g/mol. The summed E-state index contributed by atoms with van der Waals surface area (Å²) in [4.78, 5) is 22.5. The summed E-state index contributed by atoms with van der Waals surface area (Å²) in [5.41, 5.74) is 3.33. The summed E-state index contributed by atoms with van der Waals surface area (Å²) in [5.74, 6) is 0.617. The van der Waals surface area contributed by atoms with Crippen LogP contribution in [0.25, 0.3) is 6.08 Å². The van der Waals surface area contributed by atoms with E-state index in [9.17, 15) is 14.9 Å². The molecule has 0 amide bonds. The molecule has 0 radical (unpaired) electrons. The number of fused-ring (bicyclic) bond motifs is 1. The number of nitro benzene ring substituents is 1. The molecule has 0 N–H and O–H groups in total. The number of aryl methyl sites for hydroxylation is 2. The van der Waals surface area contributed by atoms with E-state index in [1.807, 2.05) is 26.0 Å². The summed E-state index contributed by atoms with van der Waals surface area (Å²) in [6.07, 6.45) is 1.59. The van der Waals surface area contributed by atoms with Crippen LogP contribution in [0.5, 0.6) is 5.75 Å². The fourth-order valence-corrected chi connectivity index (χ4v) is 2.29. The van der Waals surface area contributed by atoms with E-state index >= 15 is 0 Å². The third-order valence-electron chi connectivity index (χ3n) is 3.69. The van der Waals surface area contributed by atoms with Gasteiger partial charge in [-0.15, -0.1) is 0 Å². The lowest BCUT2D eigenvalue weighted by atomic mass is 10.0. The van der Waals surface area contributed by atoms with Crippen LogP contribution in [0, 0.1) is 24.0 Å². The maximum absolute atomic E-state index is 12.3. The fraction of sp³-hybridized carbons (Fsp3) is 0.118. The van der Waals surface area contributed by atoms with E-state index < -0.39 is 4.92 Å². The van der Waals surface area contributed by atoms with Crippen molar-refractivity contribution in [3.8, 4) is 5.75 Å². The minimum atomic E-state index is -0.463. The van der Waals surface area contributed by atoms with Gasteiger partial charge in [0.15, 0.2) is 5.76 Å². The molecule has 2 aromatic carbocycles. The van der Waals surface area contributed by atoms with Crippen LogP contribution < -0.4 is 4.74 Å². The van der Waals surface area contributed by atoms with Crippen LogP contribution in [0.2, 0.25) is 0 Å². The number of hydrogen-bond acceptors (Lipinski definition) is 4. The molecule has 22 heavy (non-hydrogen) atoms. The molecular formula is C17H13NO4. The molecule has 0 bridgehead atoms. The summed E-state index contributed by atoms with van der Waals surface area (Å²) in [7, 11) is 0. The lowest BCUT2D eigenvalue weighted by Crippen LogP contribution is -1.98. The molecule has 1 aliphatic rings. The number of ketones is 1. The van der Waals surface area contributed by atoms with Crippen molar-refractivity contribution in [3.05, 3.63) is 74.5 Å². The number of nitrogens with zero attached hydrogens (tertiary/aromatic N) is 1. The zero-order valence-electron chi connectivity index (χ0n) is 12.1. The summed E-state index contributed by atoms with van der Waals surface area (Å²) in [6.45, 7) is 3.91. The predicted octanol–water partition coefficient (Wildman–Crippen LogP) is 3.83. The zero-order valence-corrected chi connectivity index (χ0v) is 12.1. The van der Waals surface area contributed by atoms with E-state index in [1.54, 1.807) is 18.2 Å². The predicted molar refractivity (Wildman–Crippen MR) is 81.9 cm³/mol. The lowest BCUT2D eigenvalue weighted by molar-refractivity contribution is -0.384. The fourth-order valence-electron chi connectivity index (χ4n) is 2.29. The zero-order chi connectivity index (χ0) is 15.9. The highest BCUT2D eigenvalue weighted by atomic mass is 16.6. The summed E-state index contributed by atoms with van der Waals surface area (Å²) >= 11 is 0. The molecule has 0 atom stereocenters. The van der Waals surface area contributed by atoms with Crippen LogP contribution >= 0.6 is 0 Å². The molecule has 0 spiro atoms. The van der Waals surface area contributed by atoms with Gasteiger partial charge >= 0.3 is 0 Å². The topological polar surface area (TPSA) is 69.4 Å². The van der Waals surface area contributed by atoms with E-state index in [1.165, 1.54) is 12.1 Å². The highest BCUT2D eigenvalue weighted by molar-refractivity contribution is 6.14. The number of hydrogen-bond donors (Lipinski definition) is 0. The number of carbonyl (C=O) groups excluding carboxylic acids is 1. The smallest absolute Gasteiger partial charge is 0.269 e. The van der Waals surface area contributed by atoms with E-state index in [4.69, 9.17) is 4.74 Å². The van der Waals surface area contributed by atoms with Gasteiger partial charge in [0.05, 0.1) is 10.5 Å². The second-order valence-electron chi connectivity index (χ2n) is 5.22. The maximum atomic E-state index is 12.3. The van der Waals surface area contributed by atoms with Gasteiger partial charge in [0.25, 0.3) is 5.69 Å². The Kier molecular flexibility index (Phi) is 3.25. The largest absolute Gasteiger partial charge is 0.452 e. The Morgan fingerprint density at radius 2 is 1.73 bits per heavy atom. The Morgan fingerprint density at radius 3 is 2.36 bits per heavy atom. The Hall–Kier alpha value is -2.95. The van der Waals surface area contributed by atoms with Crippen LogP contribution in [-0.2, 0) is 0 Å². The molecule has 2 aromatic rings. The Balaban J connectivity index is 1.94. The SMILES string of the molecule is Cc1cc2c(cc1C)C(=O)/C(=C/c1ccc([N+](=O)[O-])cc1)O2. The highest BCUT2D eigenvalue weighted by Crippen LogP contribution is 2.34. The normalized spacial score (nSPS) is 14.8. The third kappa shape index (κ3) is 2.37. The van der Waals surface area contributed by atoms with Crippen molar-refractivity contribution in [2.45, 2.75) is 13.8 Å². The first kappa shape index (κ1) is 14.0. The first-order chi connectivity index (χ1) is 10.5. The summed E-state index contributed by atoms with van der Waals surface area (Å²) in [5, 5.41) is 10.6. The second-order valence-corrected chi connectivity index (χ2v) is 5.22. The quantitative estimate of drug-likeness (QED) is 0.479. The molecule has 0 saturated carbocycles. The molecule has 110 valence electrons. The van der Waals surface area contributed by atoms with Crippen LogP contribution in [0.15, 0.2) is 42.2 Å². The molecule has 5 heteroatoms. The minimum absolute atomic E-state index is 0.00959. The van der Waals surface area contributed by atoms with Crippen LogP contribution in [-0.4, -0.2) is 10.7 Å². The first-order valence-electron chi connectivity index (χ1n) is 6.75. The van der Waals surface area contributed by atoms with Crippen molar-refractivity contribution >= 4 is 17.5 Å². The average Bonchev–Trinajstić information content (AvgIpc) is 2.77. The van der Waals surface area contributed by atoms with Gasteiger partial charge in [-0.05, 0) is 60.9 Å². The van der Waals surface area contributed by atoms with Gasteiger partial charge in [0, 0.05) is 12.1 Å². The Labute approximate surface area is 127 Å². The van der Waals surface area contributed by atoms with Crippen LogP contribution in [0.3, 0.4) is 0 Å². The first-order valence-corrected chi connectivity index (χ1v) is 6.75. The molecule has 1 heterocycles. The van der Waals surface area contributed by atoms with E-state index in [0.29, 0.717) is 16.9 Å². The number of non-ortho nitro benzene ring substituents is 1. The van der Waals surface area contributed by atoms with Crippen molar-refractivity contribution in [1.29, 1.82) is 0 Å². The van der Waals surface area contributed by atoms with Gasteiger partial charge in [-0.25, -0.2) is 0 Å². The number of ether oxygens (including phenoxy) is 1. The molecule has 0 fully saturated rings. The van der Waals surface area contributed by atoms with Gasteiger partial charge in [0.1, 0.15) is 5.75 Å². The molecule has 0 aliphatic carbocycles. The van der Waals surface area contributed by atoms with Gasteiger partial charge in [0.2, 0.25) is 5.78 Å². The molecule has 5 nitrogen and oxygen atoms in total. The molecule has 0 saturated heterocycles. The van der Waals surface area contributed by atoms with Crippen molar-refractivity contribution in [2.75, 3.05) is 0 Å². The average molecular weight is 295 g/mol. The van der Waals surface area contributed by atoms with Gasteiger partial charge in [-0.1, -0.05) is 0 Å². The second kappa shape index (κ2) is 5.11. The Bertz CT molecular complexity index is 819. The number of rotatable bonds is 2. The number of Topliss-reactive ketones (excluding diaryl/α,β-unsaturated/α-hetero) is 1. The lowest BCUT2D eigenvalue weighted by Gasteiger charge is -2.02. The summed E-state index contributed by atoms with van der Waals surface area (Å²) in [6, 6.07) is 9.63. The van der Waals surface area contributed by atoms with Crippen LogP contribution in [0.4, 0.5) is 5.69 Å². The maximum Gasteiger partial charge on any atom is 0.269 e. The van der Waals surface area contributed by atoms with Crippen molar-refractivity contribution in [1.82, 2.24) is 0 Å². The third-order valence-corrected chi connectivity index (χ3v) is 3.69. The number of allylic oxidation sites excluding steroid dienone is 1. The standard InChI is InChI=1S/C17H13NO4/c1-10-7-14-15(8-11(10)2)22-16(17(14)19)9-12-3-5-13(6-4-12)18(20)21/h3-9H,1-2H3/b16-9-. The molecule has 1 aliphatic heterocycles. The van der Waals surface area contributed by atoms with Gasteiger partial charge < -0.3 is 4.74 Å². The van der Waals surface area contributed by atoms with E-state index in [2.05, 4.69) is 0 Å². The van der Waals surface area contributed by atoms with E-state index in [0.717, 1.165) is 11.1 Å². The summed E-state index contributed by atoms with van der Waals surface area (Å²) < 4.78 is 5.61. The van der Waals surface area contributed by atoms with Crippen LogP contribution in [0.1, 0.15) is 27.0 Å². The van der Waals surface area contributed by atoms with Gasteiger partial charge in [-0.3, -0.25) is 14.9 Å². The van der Waals surface area contributed by atoms with E-state index in [-0.39, 0.29) is 17.2 Å². The molecule has 0 unspecified atom stereocenters. The van der Waals surface area contributed by atoms with Crippen molar-refractivity contribution in [3.63, 3.8) is 0 Å². The highest BCUT2D eigenvalue weighted by Gasteiger charge is 2.27. The van der Waals surface area contributed by atoms with Gasteiger partial charge in [-0.2, -0.15) is 0 Å². The molecule has 0 aromatic heterocycles. The number of benzene rings is 2. The van der Waals surface area contributed by atoms with Crippen molar-refractivity contribution < 1.29 is 14.5 Å². The number of nitro groups is 1. The monoisotopic (exact) mass is 295 g/mol. The van der Waals surface area contributed by atoms with Crippen molar-refractivity contribution in [2.24, 2.45) is 0 Å².